The van der Waals surface area contributed by atoms with Gasteiger partial charge in [-0.15, -0.1) is 0 Å². The topological polar surface area (TPSA) is 78.9 Å². The molecule has 0 heterocycles. The lowest BCUT2D eigenvalue weighted by Crippen LogP contribution is -2.30. The van der Waals surface area contributed by atoms with Gasteiger partial charge in [0.05, 0.1) is 0 Å². The Morgan fingerprint density at radius 3 is 0.984 bits per heavy atom. The molecule has 0 bridgehead atoms. The van der Waals surface area contributed by atoms with Crippen molar-refractivity contribution in [2.24, 2.45) is 0 Å². The molecule has 1 atom stereocenters. The van der Waals surface area contributed by atoms with Crippen molar-refractivity contribution in [2.75, 3.05) is 13.2 Å². The molecule has 0 saturated heterocycles. The number of carbonyl (C=O) groups excluding carboxylic acids is 3. The molecule has 0 saturated carbocycles. The van der Waals surface area contributed by atoms with E-state index in [0.29, 0.717) is 19.3 Å². The van der Waals surface area contributed by atoms with E-state index in [1.165, 1.54) is 141 Å². The van der Waals surface area contributed by atoms with Gasteiger partial charge in [0.25, 0.3) is 0 Å². The Morgan fingerprint density at radius 2 is 0.607 bits per heavy atom. The molecule has 0 fully saturated rings. The number of unbranched alkanes of at least 4 members (excludes halogenated alkanes) is 29. The third-order valence-electron chi connectivity index (χ3n) is 11.3. The van der Waals surface area contributed by atoms with E-state index in [1.54, 1.807) is 0 Å². The number of carbonyl (C=O) groups is 3. The fourth-order valence-electron chi connectivity index (χ4n) is 7.29. The van der Waals surface area contributed by atoms with E-state index < -0.39 is 6.10 Å². The molecule has 6 nitrogen and oxygen atoms in total. The highest BCUT2D eigenvalue weighted by atomic mass is 16.6. The van der Waals surface area contributed by atoms with E-state index in [1.807, 2.05) is 0 Å². The Balaban J connectivity index is 4.35. The van der Waals surface area contributed by atoms with Crippen molar-refractivity contribution in [2.45, 2.75) is 271 Å². The number of ether oxygens (including phenoxy) is 3. The summed E-state index contributed by atoms with van der Waals surface area (Å²) in [4.78, 5) is 37.9. The quantitative estimate of drug-likeness (QED) is 0.0199. The van der Waals surface area contributed by atoms with Gasteiger partial charge in [-0.1, -0.05) is 204 Å². The summed E-state index contributed by atoms with van der Waals surface area (Å²) in [6.45, 7) is 6.55. The molecule has 0 aliphatic rings. The van der Waals surface area contributed by atoms with Crippen molar-refractivity contribution in [3.8, 4) is 0 Å². The first kappa shape index (κ1) is 58.4. The zero-order valence-corrected chi connectivity index (χ0v) is 40.4. The predicted octanol–water partition coefficient (Wildman–Crippen LogP) is 17.1. The van der Waals surface area contributed by atoms with Gasteiger partial charge in [-0.2, -0.15) is 0 Å². The maximum absolute atomic E-state index is 12.8. The molecular weight excluding hydrogens is 757 g/mol. The molecule has 1 unspecified atom stereocenters. The fraction of sp³-hybridized carbons (Fsp3) is 0.800. The van der Waals surface area contributed by atoms with E-state index >= 15 is 0 Å². The first-order chi connectivity index (χ1) is 30.0. The fourth-order valence-corrected chi connectivity index (χ4v) is 7.29. The average molecular weight is 855 g/mol. The highest BCUT2D eigenvalue weighted by Crippen LogP contribution is 2.14. The predicted molar refractivity (Wildman–Crippen MR) is 261 cm³/mol. The lowest BCUT2D eigenvalue weighted by Gasteiger charge is -2.18. The van der Waals surface area contributed by atoms with Crippen LogP contribution < -0.4 is 0 Å². The third kappa shape index (κ3) is 48.3. The van der Waals surface area contributed by atoms with Gasteiger partial charge < -0.3 is 14.2 Å². The summed E-state index contributed by atoms with van der Waals surface area (Å²) in [7, 11) is 0. The minimum atomic E-state index is -0.791. The Bertz CT molecular complexity index is 1070. The molecule has 6 heteroatoms. The number of hydrogen-bond acceptors (Lipinski definition) is 6. The van der Waals surface area contributed by atoms with Crippen molar-refractivity contribution >= 4 is 17.9 Å². The van der Waals surface area contributed by atoms with Gasteiger partial charge in [0.15, 0.2) is 6.10 Å². The first-order valence-electron chi connectivity index (χ1n) is 26.2. The van der Waals surface area contributed by atoms with Crippen LogP contribution in [0.25, 0.3) is 0 Å². The van der Waals surface area contributed by atoms with Gasteiger partial charge in [-0.25, -0.2) is 0 Å². The van der Waals surface area contributed by atoms with Crippen molar-refractivity contribution < 1.29 is 28.6 Å². The normalized spacial score (nSPS) is 12.4. The molecule has 354 valence electrons. The van der Waals surface area contributed by atoms with Crippen LogP contribution in [0.2, 0.25) is 0 Å². The van der Waals surface area contributed by atoms with Gasteiger partial charge in [-0.3, -0.25) is 14.4 Å². The van der Waals surface area contributed by atoms with E-state index in [4.69, 9.17) is 14.2 Å². The molecule has 0 aliphatic carbocycles. The first-order valence-corrected chi connectivity index (χ1v) is 26.2. The summed E-state index contributed by atoms with van der Waals surface area (Å²) >= 11 is 0. The monoisotopic (exact) mass is 855 g/mol. The summed E-state index contributed by atoms with van der Waals surface area (Å²) in [6, 6.07) is 0. The molecule has 0 amide bonds. The van der Waals surface area contributed by atoms with Gasteiger partial charge in [-0.05, 0) is 89.9 Å². The smallest absolute Gasteiger partial charge is 0.306 e. The molecule has 0 N–H and O–H groups in total. The Kier molecular flexibility index (Phi) is 47.9. The van der Waals surface area contributed by atoms with Gasteiger partial charge in [0.1, 0.15) is 13.2 Å². The molecule has 0 spiro atoms. The maximum Gasteiger partial charge on any atom is 0.306 e. The zero-order chi connectivity index (χ0) is 44.4. The van der Waals surface area contributed by atoms with Crippen LogP contribution in [0.3, 0.4) is 0 Å². The van der Waals surface area contributed by atoms with Crippen LogP contribution >= 0.6 is 0 Å². The second kappa shape index (κ2) is 50.0. The second-order valence-electron chi connectivity index (χ2n) is 17.5. The van der Waals surface area contributed by atoms with Gasteiger partial charge in [0.2, 0.25) is 0 Å². The van der Waals surface area contributed by atoms with Crippen molar-refractivity contribution in [3.63, 3.8) is 0 Å². The summed E-state index contributed by atoms with van der Waals surface area (Å²) in [5.74, 6) is -0.933. The molecular formula is C55H98O6. The zero-order valence-electron chi connectivity index (χ0n) is 40.4. The lowest BCUT2D eigenvalue weighted by atomic mass is 10.1. The standard InChI is InChI=1S/C55H98O6/c1-4-7-10-13-16-19-22-24-25-26-27-28-29-31-33-36-39-42-45-48-54(57)60-51-52(50-59-53(56)47-44-41-38-35-32-21-18-15-12-9-6-3)61-55(58)49-46-43-40-37-34-30-23-20-17-14-11-8-5-2/h15,18,21,26-27,30,32,34,52H,4-14,16-17,19-20,22-25,28-29,31,33,35-51H2,1-3H3/b18-15-,27-26-,32-21-,34-30-. The maximum atomic E-state index is 12.8. The summed E-state index contributed by atoms with van der Waals surface area (Å²) in [5.41, 5.74) is 0. The van der Waals surface area contributed by atoms with Crippen LogP contribution in [0.4, 0.5) is 0 Å². The Hall–Kier alpha value is -2.63. The van der Waals surface area contributed by atoms with Crippen LogP contribution in [0, 0.1) is 0 Å². The highest BCUT2D eigenvalue weighted by Gasteiger charge is 2.19. The van der Waals surface area contributed by atoms with Crippen LogP contribution in [0.15, 0.2) is 48.6 Å². The number of rotatable bonds is 47. The van der Waals surface area contributed by atoms with Crippen molar-refractivity contribution in [1.29, 1.82) is 0 Å². The molecule has 61 heavy (non-hydrogen) atoms. The molecule has 0 aliphatic heterocycles. The largest absolute Gasteiger partial charge is 0.462 e. The lowest BCUT2D eigenvalue weighted by molar-refractivity contribution is -0.167. The van der Waals surface area contributed by atoms with Crippen molar-refractivity contribution in [3.05, 3.63) is 48.6 Å². The minimum absolute atomic E-state index is 0.0892. The molecule has 0 aromatic rings. The molecule has 0 radical (unpaired) electrons. The van der Waals surface area contributed by atoms with Crippen LogP contribution in [0.1, 0.15) is 265 Å². The minimum Gasteiger partial charge on any atom is -0.462 e. The van der Waals surface area contributed by atoms with E-state index in [-0.39, 0.29) is 31.1 Å². The highest BCUT2D eigenvalue weighted by molar-refractivity contribution is 5.71. The van der Waals surface area contributed by atoms with Crippen LogP contribution in [-0.4, -0.2) is 37.2 Å². The van der Waals surface area contributed by atoms with Crippen LogP contribution in [0.5, 0.6) is 0 Å². The summed E-state index contributed by atoms with van der Waals surface area (Å²) in [5, 5.41) is 0. The Morgan fingerprint density at radius 1 is 0.328 bits per heavy atom. The van der Waals surface area contributed by atoms with E-state index in [2.05, 4.69) is 69.4 Å². The van der Waals surface area contributed by atoms with Gasteiger partial charge >= 0.3 is 17.9 Å². The molecule has 0 aromatic heterocycles. The van der Waals surface area contributed by atoms with E-state index in [0.717, 1.165) is 83.5 Å². The number of hydrogen-bond donors (Lipinski definition) is 0. The Labute approximate surface area is 378 Å². The summed E-state index contributed by atoms with van der Waals surface area (Å²) < 4.78 is 16.7. The van der Waals surface area contributed by atoms with Crippen molar-refractivity contribution in [1.82, 2.24) is 0 Å². The summed E-state index contributed by atoms with van der Waals surface area (Å²) in [6.07, 6.45) is 59.6. The SMILES string of the molecule is CCCC/C=C\C=C/CCCCCC(=O)OCC(COC(=O)CCCCCCCCC/C=C\CCCCCCCCCC)OC(=O)CCCCC/C=C\CCCCCCCC. The molecule has 0 aromatic carbocycles. The third-order valence-corrected chi connectivity index (χ3v) is 11.3. The second-order valence-corrected chi connectivity index (χ2v) is 17.5. The van der Waals surface area contributed by atoms with E-state index in [9.17, 15) is 14.4 Å². The molecule has 0 rings (SSSR count). The number of allylic oxidation sites excluding steroid dienone is 8. The number of esters is 3. The van der Waals surface area contributed by atoms with Crippen LogP contribution in [-0.2, 0) is 28.6 Å². The average Bonchev–Trinajstić information content (AvgIpc) is 3.26. The van der Waals surface area contributed by atoms with Gasteiger partial charge in [0, 0.05) is 19.3 Å².